The van der Waals surface area contributed by atoms with Crippen molar-refractivity contribution in [2.45, 2.75) is 18.8 Å². The second-order valence-electron chi connectivity index (χ2n) is 12.1. The van der Waals surface area contributed by atoms with Crippen molar-refractivity contribution in [2.24, 2.45) is 5.41 Å². The van der Waals surface area contributed by atoms with E-state index in [2.05, 4.69) is 10.6 Å². The molecule has 1 fully saturated rings. The monoisotopic (exact) mass is 698 g/mol. The van der Waals surface area contributed by atoms with E-state index in [0.717, 1.165) is 0 Å². The van der Waals surface area contributed by atoms with Gasteiger partial charge in [-0.1, -0.05) is 60.7 Å². The van der Waals surface area contributed by atoms with E-state index >= 15 is 0 Å². The van der Waals surface area contributed by atoms with E-state index in [1.807, 2.05) is 0 Å². The molecule has 5 aromatic rings. The number of nitro groups is 2. The van der Waals surface area contributed by atoms with Crippen molar-refractivity contribution in [1.29, 1.82) is 0 Å². The van der Waals surface area contributed by atoms with Crippen LogP contribution in [0.15, 0.2) is 109 Å². The average Bonchev–Trinajstić information content (AvgIpc) is 3.52. The highest BCUT2D eigenvalue weighted by atomic mass is 32.1. The number of nitrogens with one attached hydrogen (secondary N) is 2. The predicted octanol–water partition coefficient (Wildman–Crippen LogP) is 6.01. The molecule has 0 saturated carbocycles. The summed E-state index contributed by atoms with van der Waals surface area (Å²) in [4.78, 5) is 65.2. The Morgan fingerprint density at radius 1 is 0.784 bits per heavy atom. The number of rotatable bonds is 6. The fourth-order valence-electron chi connectivity index (χ4n) is 7.20. The summed E-state index contributed by atoms with van der Waals surface area (Å²) in [5, 5.41) is 33.2. The summed E-state index contributed by atoms with van der Waals surface area (Å²) in [7, 11) is 0. The Morgan fingerprint density at radius 2 is 1.27 bits per heavy atom. The Morgan fingerprint density at radius 3 is 1.76 bits per heavy atom. The molecule has 1 aromatic heterocycles. The number of non-ortho nitro benzene ring substituents is 2. The van der Waals surface area contributed by atoms with Gasteiger partial charge >= 0.3 is 0 Å². The summed E-state index contributed by atoms with van der Waals surface area (Å²) < 4.78 is 1.18. The summed E-state index contributed by atoms with van der Waals surface area (Å²) in [6, 6.07) is 29.2. The van der Waals surface area contributed by atoms with Crippen LogP contribution >= 0.6 is 12.2 Å². The number of thiocarbonyl (C=S) groups is 1. The molecule has 2 N–H and O–H groups in total. The first kappa shape index (κ1) is 32.9. The van der Waals surface area contributed by atoms with Gasteiger partial charge in [-0.3, -0.25) is 34.6 Å². The van der Waals surface area contributed by atoms with Gasteiger partial charge in [-0.05, 0) is 64.8 Å². The van der Waals surface area contributed by atoms with Crippen molar-refractivity contribution < 1.29 is 24.2 Å². The molecule has 4 aromatic carbocycles. The van der Waals surface area contributed by atoms with Gasteiger partial charge in [0.2, 0.25) is 17.7 Å². The van der Waals surface area contributed by atoms with Gasteiger partial charge in [-0.25, -0.2) is 0 Å². The van der Waals surface area contributed by atoms with Crippen molar-refractivity contribution >= 4 is 58.1 Å². The molecule has 13 nitrogen and oxygen atoms in total. The van der Waals surface area contributed by atoms with Crippen LogP contribution in [0.2, 0.25) is 0 Å². The summed E-state index contributed by atoms with van der Waals surface area (Å²) in [5.74, 6) is -4.01. The molecule has 2 heterocycles. The number of fused-ring (bicyclic) bond motifs is 1. The molecule has 14 heteroatoms. The third-order valence-corrected chi connectivity index (χ3v) is 9.46. The van der Waals surface area contributed by atoms with Crippen LogP contribution < -0.4 is 10.6 Å². The first-order valence-corrected chi connectivity index (χ1v) is 16.0. The van der Waals surface area contributed by atoms with E-state index in [1.165, 1.54) is 60.1 Å². The Labute approximate surface area is 294 Å². The number of hydrogen-bond acceptors (Lipinski definition) is 9. The Balaban J connectivity index is 1.67. The van der Waals surface area contributed by atoms with E-state index in [-0.39, 0.29) is 22.2 Å². The summed E-state index contributed by atoms with van der Waals surface area (Å²) in [6.45, 7) is 1.31. The Kier molecular flexibility index (Phi) is 8.15. The van der Waals surface area contributed by atoms with Gasteiger partial charge in [-0.2, -0.15) is 9.78 Å². The summed E-state index contributed by atoms with van der Waals surface area (Å²) >= 11 is 5.29. The van der Waals surface area contributed by atoms with Gasteiger partial charge in [-0.15, -0.1) is 0 Å². The van der Waals surface area contributed by atoms with E-state index in [9.17, 15) is 34.6 Å². The quantitative estimate of drug-likeness (QED) is 0.0929. The Hall–Kier alpha value is -6.67. The zero-order chi connectivity index (χ0) is 36.0. The zero-order valence-corrected chi connectivity index (χ0v) is 27.5. The number of carbonyl (C=O) groups excluding carboxylic acids is 3. The number of carbonyl (C=O) groups is 3. The highest BCUT2D eigenvalue weighted by Crippen LogP contribution is 2.63. The average molecular weight is 699 g/mol. The molecule has 252 valence electrons. The molecule has 2 atom stereocenters. The highest BCUT2D eigenvalue weighted by Gasteiger charge is 2.65. The van der Waals surface area contributed by atoms with Crippen molar-refractivity contribution in [2.75, 3.05) is 0 Å². The highest BCUT2D eigenvalue weighted by molar-refractivity contribution is 7.80. The Bertz CT molecular complexity index is 2280. The van der Waals surface area contributed by atoms with Crippen LogP contribution in [0.4, 0.5) is 11.4 Å². The number of aromatic nitrogens is 2. The molecule has 51 heavy (non-hydrogen) atoms. The third-order valence-electron chi connectivity index (χ3n) is 9.25. The maximum absolute atomic E-state index is 14.9. The fourth-order valence-corrected chi connectivity index (χ4v) is 7.38. The number of benzene rings is 4. The minimum Gasteiger partial charge on any atom is -0.302 e. The van der Waals surface area contributed by atoms with E-state index in [1.54, 1.807) is 66.7 Å². The number of allylic oxidation sites excluding steroid dienone is 1. The molecule has 2 aliphatic rings. The fraction of sp³-hybridized carbons (Fsp3) is 0.108. The molecule has 0 radical (unpaired) electrons. The van der Waals surface area contributed by atoms with Gasteiger partial charge in [0.15, 0.2) is 10.5 Å². The molecular weight excluding hydrogens is 673 g/mol. The van der Waals surface area contributed by atoms with Gasteiger partial charge in [0.1, 0.15) is 0 Å². The van der Waals surface area contributed by atoms with Gasteiger partial charge in [0, 0.05) is 54.2 Å². The van der Waals surface area contributed by atoms with Crippen LogP contribution in [0.1, 0.15) is 51.5 Å². The van der Waals surface area contributed by atoms with Crippen LogP contribution in [0.3, 0.4) is 0 Å². The SMILES string of the molecule is CC(=O)n1nc2c(c1-c1ccc([N+](=O)[O-])cc1)C(c1ccccc1)C1(C(=O)NC(=S)NC1=O)C(c1ccccc1)/C2=C/c1ccc([N+](=O)[O-])cc1. The maximum atomic E-state index is 14.9. The topological polar surface area (TPSA) is 179 Å². The molecule has 2 amide bonds. The molecule has 1 aliphatic heterocycles. The van der Waals surface area contributed by atoms with Crippen LogP contribution in [-0.2, 0) is 9.59 Å². The van der Waals surface area contributed by atoms with Crippen LogP contribution in [0.25, 0.3) is 22.9 Å². The zero-order valence-electron chi connectivity index (χ0n) is 26.7. The van der Waals surface area contributed by atoms with Crippen molar-refractivity contribution in [3.8, 4) is 11.3 Å². The second kappa shape index (κ2) is 12.7. The molecule has 1 saturated heterocycles. The molecule has 7 rings (SSSR count). The molecular formula is C37H26N6O7S. The lowest BCUT2D eigenvalue weighted by Gasteiger charge is -2.49. The second-order valence-corrected chi connectivity index (χ2v) is 12.5. The molecule has 0 bridgehead atoms. The van der Waals surface area contributed by atoms with Crippen molar-refractivity contribution in [3.63, 3.8) is 0 Å². The lowest BCUT2D eigenvalue weighted by Crippen LogP contribution is -2.67. The first-order valence-electron chi connectivity index (χ1n) is 15.6. The van der Waals surface area contributed by atoms with E-state index in [0.29, 0.717) is 39.1 Å². The molecule has 1 spiro atoms. The predicted molar refractivity (Wildman–Crippen MR) is 190 cm³/mol. The summed E-state index contributed by atoms with van der Waals surface area (Å²) in [6.07, 6.45) is 1.70. The van der Waals surface area contributed by atoms with Crippen LogP contribution in [0, 0.1) is 25.6 Å². The number of hydrogen-bond donors (Lipinski definition) is 2. The number of nitro benzene ring substituents is 2. The number of amides is 2. The smallest absolute Gasteiger partial charge is 0.269 e. The van der Waals surface area contributed by atoms with Gasteiger partial charge < -0.3 is 10.6 Å². The van der Waals surface area contributed by atoms with E-state index < -0.39 is 44.8 Å². The van der Waals surface area contributed by atoms with Gasteiger partial charge in [0.25, 0.3) is 11.4 Å². The largest absolute Gasteiger partial charge is 0.302 e. The standard InChI is InChI=1S/C37H26N6O7S/c1-21(44)41-33(25-14-18-27(19-15-25)43(49)50)29-31(24-10-6-3-7-11-24)37(34(45)38-36(51)39-35(37)46)30(23-8-4-2-5-9-23)28(32(29)40-41)20-22-12-16-26(17-13-22)42(47)48/h2-20,30-31H,1H3,(H2,38,39,45,46,51)/b28-20-. The first-order chi connectivity index (χ1) is 24.5. The lowest BCUT2D eigenvalue weighted by molar-refractivity contribution is -0.385. The minimum absolute atomic E-state index is 0.137. The normalized spacial score (nSPS) is 18.5. The van der Waals surface area contributed by atoms with Gasteiger partial charge in [0.05, 0.1) is 21.2 Å². The van der Waals surface area contributed by atoms with Crippen LogP contribution in [0.5, 0.6) is 0 Å². The molecule has 2 unspecified atom stereocenters. The summed E-state index contributed by atoms with van der Waals surface area (Å²) in [5.41, 5.74) is 0.936. The lowest BCUT2D eigenvalue weighted by atomic mass is 9.52. The van der Waals surface area contributed by atoms with Crippen molar-refractivity contribution in [1.82, 2.24) is 20.4 Å². The van der Waals surface area contributed by atoms with Crippen molar-refractivity contribution in [3.05, 3.63) is 157 Å². The minimum atomic E-state index is -2.00. The van der Waals surface area contributed by atoms with Crippen LogP contribution in [-0.4, -0.2) is 42.5 Å². The molecule has 1 aliphatic carbocycles. The maximum Gasteiger partial charge on any atom is 0.269 e. The van der Waals surface area contributed by atoms with E-state index in [4.69, 9.17) is 17.3 Å². The third kappa shape index (κ3) is 5.38. The number of nitrogens with zero attached hydrogens (tertiary/aromatic N) is 4.